The van der Waals surface area contributed by atoms with E-state index in [0.717, 1.165) is 12.5 Å². The van der Waals surface area contributed by atoms with E-state index < -0.39 is 0 Å². The van der Waals surface area contributed by atoms with Gasteiger partial charge in [0.05, 0.1) is 0 Å². The van der Waals surface area contributed by atoms with Crippen LogP contribution >= 0.6 is 0 Å². The van der Waals surface area contributed by atoms with Crippen LogP contribution < -0.4 is 5.32 Å². The van der Waals surface area contributed by atoms with Crippen LogP contribution in [0.1, 0.15) is 49.4 Å². The maximum Gasteiger partial charge on any atom is 0.00699 e. The van der Waals surface area contributed by atoms with Crippen molar-refractivity contribution in [1.29, 1.82) is 0 Å². The summed E-state index contributed by atoms with van der Waals surface area (Å²) >= 11 is 0. The molecule has 0 aromatic heterocycles. The molecule has 1 aromatic carbocycles. The van der Waals surface area contributed by atoms with Crippen LogP contribution in [0.3, 0.4) is 0 Å². The van der Waals surface area contributed by atoms with Crippen molar-refractivity contribution in [2.75, 3.05) is 6.54 Å². The maximum absolute atomic E-state index is 3.57. The topological polar surface area (TPSA) is 12.0 Å². The van der Waals surface area contributed by atoms with Crippen LogP contribution in [0.2, 0.25) is 0 Å². The predicted octanol–water partition coefficient (Wildman–Crippen LogP) is 4.18. The van der Waals surface area contributed by atoms with E-state index in [0.29, 0.717) is 6.04 Å². The zero-order chi connectivity index (χ0) is 13.7. The minimum absolute atomic E-state index is 0.597. The average molecular weight is 247 g/mol. The van der Waals surface area contributed by atoms with Crippen LogP contribution in [0, 0.1) is 26.7 Å². The Bertz CT molecular complexity index is 358. The molecule has 0 aliphatic heterocycles. The van der Waals surface area contributed by atoms with Gasteiger partial charge in [-0.3, -0.25) is 0 Å². The highest BCUT2D eigenvalue weighted by Gasteiger charge is 2.17. The van der Waals surface area contributed by atoms with E-state index in [-0.39, 0.29) is 0 Å². The van der Waals surface area contributed by atoms with Gasteiger partial charge < -0.3 is 5.32 Å². The van der Waals surface area contributed by atoms with Gasteiger partial charge in [-0.2, -0.15) is 0 Å². The van der Waals surface area contributed by atoms with Crippen LogP contribution in [0.4, 0.5) is 0 Å². The number of hydrogen-bond acceptors (Lipinski definition) is 1. The van der Waals surface area contributed by atoms with Crippen molar-refractivity contribution in [3.05, 3.63) is 34.4 Å². The smallest absolute Gasteiger partial charge is 0.00699 e. The molecule has 0 saturated carbocycles. The normalized spacial score (nSPS) is 14.6. The Hall–Kier alpha value is -0.820. The first-order valence-electron chi connectivity index (χ1n) is 7.29. The molecule has 102 valence electrons. The van der Waals surface area contributed by atoms with Gasteiger partial charge in [-0.15, -0.1) is 0 Å². The van der Waals surface area contributed by atoms with Gasteiger partial charge in [0.15, 0.2) is 0 Å². The molecule has 1 nitrogen and oxygen atoms in total. The van der Waals surface area contributed by atoms with Crippen molar-refractivity contribution < 1.29 is 0 Å². The number of rotatable bonds is 6. The lowest BCUT2D eigenvalue weighted by molar-refractivity contribution is 0.367. The summed E-state index contributed by atoms with van der Waals surface area (Å²) in [5, 5.41) is 3.57. The van der Waals surface area contributed by atoms with Crippen LogP contribution in [0.25, 0.3) is 0 Å². The third kappa shape index (κ3) is 3.84. The lowest BCUT2D eigenvalue weighted by Crippen LogP contribution is -2.34. The zero-order valence-corrected chi connectivity index (χ0v) is 12.9. The molecule has 0 amide bonds. The molecule has 2 unspecified atom stereocenters. The van der Waals surface area contributed by atoms with Gasteiger partial charge in [-0.05, 0) is 63.3 Å². The van der Waals surface area contributed by atoms with Gasteiger partial charge >= 0.3 is 0 Å². The summed E-state index contributed by atoms with van der Waals surface area (Å²) < 4.78 is 0. The van der Waals surface area contributed by atoms with Gasteiger partial charge in [0.25, 0.3) is 0 Å². The second-order valence-corrected chi connectivity index (χ2v) is 5.60. The SMILES string of the molecule is CCNC(C)C(CC)Cc1c(C)cc(C)cc1C. The second-order valence-electron chi connectivity index (χ2n) is 5.60. The van der Waals surface area contributed by atoms with Gasteiger partial charge in [0.1, 0.15) is 0 Å². The fraction of sp³-hybridized carbons (Fsp3) is 0.647. The van der Waals surface area contributed by atoms with Gasteiger partial charge in [-0.25, -0.2) is 0 Å². The Labute approximate surface area is 113 Å². The van der Waals surface area contributed by atoms with Crippen LogP contribution in [-0.2, 0) is 6.42 Å². The summed E-state index contributed by atoms with van der Waals surface area (Å²) in [4.78, 5) is 0. The van der Waals surface area contributed by atoms with Crippen molar-refractivity contribution in [1.82, 2.24) is 5.32 Å². The molecule has 18 heavy (non-hydrogen) atoms. The molecule has 0 saturated heterocycles. The van der Waals surface area contributed by atoms with Gasteiger partial charge in [0, 0.05) is 6.04 Å². The number of nitrogens with one attached hydrogen (secondary N) is 1. The summed E-state index contributed by atoms with van der Waals surface area (Å²) in [5.74, 6) is 0.727. The Morgan fingerprint density at radius 1 is 1.06 bits per heavy atom. The Morgan fingerprint density at radius 3 is 2.06 bits per heavy atom. The van der Waals surface area contributed by atoms with Gasteiger partial charge in [0.2, 0.25) is 0 Å². The Balaban J connectivity index is 2.88. The minimum atomic E-state index is 0.597. The highest BCUT2D eigenvalue weighted by atomic mass is 14.9. The molecular weight excluding hydrogens is 218 g/mol. The highest BCUT2D eigenvalue weighted by molar-refractivity contribution is 5.37. The fourth-order valence-electron chi connectivity index (χ4n) is 2.96. The number of hydrogen-bond donors (Lipinski definition) is 1. The molecule has 0 bridgehead atoms. The van der Waals surface area contributed by atoms with E-state index in [9.17, 15) is 0 Å². The molecule has 1 heteroatoms. The van der Waals surface area contributed by atoms with Crippen LogP contribution in [0.5, 0.6) is 0 Å². The molecule has 0 aliphatic rings. The first-order valence-corrected chi connectivity index (χ1v) is 7.29. The second kappa shape index (κ2) is 6.94. The summed E-state index contributed by atoms with van der Waals surface area (Å²) in [6, 6.07) is 5.22. The van der Waals surface area contributed by atoms with E-state index in [4.69, 9.17) is 0 Å². The Morgan fingerprint density at radius 2 is 1.61 bits per heavy atom. The van der Waals surface area contributed by atoms with E-state index in [1.54, 1.807) is 5.56 Å². The largest absolute Gasteiger partial charge is 0.314 e. The van der Waals surface area contributed by atoms with Crippen molar-refractivity contribution in [3.63, 3.8) is 0 Å². The predicted molar refractivity (Wildman–Crippen MR) is 81.3 cm³/mol. The third-order valence-corrected chi connectivity index (χ3v) is 4.06. The molecule has 0 heterocycles. The summed E-state index contributed by atoms with van der Waals surface area (Å²) in [6.07, 6.45) is 2.43. The van der Waals surface area contributed by atoms with Crippen LogP contribution in [0.15, 0.2) is 12.1 Å². The van der Waals surface area contributed by atoms with Crippen molar-refractivity contribution in [2.24, 2.45) is 5.92 Å². The lowest BCUT2D eigenvalue weighted by atomic mass is 9.86. The lowest BCUT2D eigenvalue weighted by Gasteiger charge is -2.25. The summed E-state index contributed by atoms with van der Waals surface area (Å²) in [5.41, 5.74) is 5.84. The molecule has 0 spiro atoms. The zero-order valence-electron chi connectivity index (χ0n) is 12.9. The maximum atomic E-state index is 3.57. The van der Waals surface area contributed by atoms with Crippen LogP contribution in [-0.4, -0.2) is 12.6 Å². The standard InChI is InChI=1S/C17H29N/c1-7-16(15(6)18-8-2)11-17-13(4)9-12(3)10-14(17)5/h9-10,15-16,18H,7-8,11H2,1-6H3. The number of aryl methyl sites for hydroxylation is 3. The Kier molecular flexibility index (Phi) is 5.87. The van der Waals surface area contributed by atoms with E-state index in [1.165, 1.54) is 29.5 Å². The fourth-order valence-corrected chi connectivity index (χ4v) is 2.96. The molecular formula is C17H29N. The number of benzene rings is 1. The highest BCUT2D eigenvalue weighted by Crippen LogP contribution is 2.23. The molecule has 0 fully saturated rings. The van der Waals surface area contributed by atoms with E-state index in [1.807, 2.05) is 0 Å². The van der Waals surface area contributed by atoms with Crippen molar-refractivity contribution in [3.8, 4) is 0 Å². The first kappa shape index (κ1) is 15.2. The molecule has 0 radical (unpaired) electrons. The van der Waals surface area contributed by atoms with Gasteiger partial charge in [-0.1, -0.05) is 38.0 Å². The monoisotopic (exact) mass is 247 g/mol. The summed E-state index contributed by atoms with van der Waals surface area (Å²) in [6.45, 7) is 14.5. The molecule has 2 atom stereocenters. The minimum Gasteiger partial charge on any atom is -0.314 e. The molecule has 0 aliphatic carbocycles. The quantitative estimate of drug-likeness (QED) is 0.795. The summed E-state index contributed by atoms with van der Waals surface area (Å²) in [7, 11) is 0. The average Bonchev–Trinajstić information content (AvgIpc) is 2.28. The van der Waals surface area contributed by atoms with E-state index >= 15 is 0 Å². The molecule has 1 N–H and O–H groups in total. The van der Waals surface area contributed by atoms with E-state index in [2.05, 4.69) is 59.0 Å². The van der Waals surface area contributed by atoms with Crippen molar-refractivity contribution >= 4 is 0 Å². The first-order chi connectivity index (χ1) is 8.49. The molecule has 1 aromatic rings. The molecule has 1 rings (SSSR count). The third-order valence-electron chi connectivity index (χ3n) is 4.06. The van der Waals surface area contributed by atoms with Crippen molar-refractivity contribution in [2.45, 2.75) is 60.4 Å².